The molecule has 0 spiro atoms. The quantitative estimate of drug-likeness (QED) is 0.869. The van der Waals surface area contributed by atoms with E-state index in [1.54, 1.807) is 17.7 Å². The minimum absolute atomic E-state index is 0.137. The second-order valence-corrected chi connectivity index (χ2v) is 8.02. The third kappa shape index (κ3) is 2.31. The lowest BCUT2D eigenvalue weighted by Crippen LogP contribution is -2.48. The van der Waals surface area contributed by atoms with E-state index in [1.807, 2.05) is 6.07 Å². The van der Waals surface area contributed by atoms with E-state index in [0.717, 1.165) is 54.4 Å². The first kappa shape index (κ1) is 13.7. The number of aromatic nitrogens is 2. The summed E-state index contributed by atoms with van der Waals surface area (Å²) in [4.78, 5) is 26.3. The van der Waals surface area contributed by atoms with Gasteiger partial charge in [-0.3, -0.25) is 4.79 Å². The van der Waals surface area contributed by atoms with Crippen LogP contribution >= 0.6 is 11.3 Å². The van der Waals surface area contributed by atoms with Crippen molar-refractivity contribution >= 4 is 33.3 Å². The molecule has 4 fully saturated rings. The van der Waals surface area contributed by atoms with Gasteiger partial charge in [-0.15, -0.1) is 11.3 Å². The molecule has 5 heterocycles. The highest BCUT2D eigenvalue weighted by molar-refractivity contribution is 7.17. The molecule has 0 N–H and O–H groups in total. The molecule has 3 aliphatic heterocycles. The molecule has 4 aliphatic rings. The van der Waals surface area contributed by atoms with Crippen LogP contribution in [0.2, 0.25) is 0 Å². The topological polar surface area (TPSA) is 49.3 Å². The maximum absolute atomic E-state index is 12.8. The van der Waals surface area contributed by atoms with Gasteiger partial charge in [0.2, 0.25) is 5.91 Å². The first-order valence-corrected chi connectivity index (χ1v) is 9.41. The predicted molar refractivity (Wildman–Crippen MR) is 90.6 cm³/mol. The summed E-state index contributed by atoms with van der Waals surface area (Å²) >= 11 is 1.69. The van der Waals surface area contributed by atoms with Crippen molar-refractivity contribution in [3.63, 3.8) is 0 Å². The van der Waals surface area contributed by atoms with Crippen LogP contribution in [0.25, 0.3) is 10.2 Å². The third-order valence-corrected chi connectivity index (χ3v) is 6.37. The Morgan fingerprint density at radius 1 is 1.17 bits per heavy atom. The maximum atomic E-state index is 12.8. The van der Waals surface area contributed by atoms with Crippen LogP contribution in [-0.4, -0.2) is 46.5 Å². The van der Waals surface area contributed by atoms with Crippen molar-refractivity contribution < 1.29 is 4.79 Å². The van der Waals surface area contributed by atoms with Crippen molar-refractivity contribution in [2.75, 3.05) is 24.5 Å². The van der Waals surface area contributed by atoms with E-state index in [-0.39, 0.29) is 5.92 Å². The molecular weight excluding hydrogens is 308 g/mol. The summed E-state index contributed by atoms with van der Waals surface area (Å²) in [7, 11) is 0. The van der Waals surface area contributed by atoms with Gasteiger partial charge in [0.1, 0.15) is 12.1 Å². The number of anilines is 1. The fourth-order valence-corrected chi connectivity index (χ4v) is 4.89. The Morgan fingerprint density at radius 2 is 2.09 bits per heavy atom. The Balaban J connectivity index is 1.49. The van der Waals surface area contributed by atoms with E-state index >= 15 is 0 Å². The average molecular weight is 328 g/mol. The molecule has 6 rings (SSSR count). The Kier molecular flexibility index (Phi) is 3.08. The number of piperidine rings is 1. The number of nitrogens with zero attached hydrogens (tertiary/aromatic N) is 4. The summed E-state index contributed by atoms with van der Waals surface area (Å²) in [6.07, 6.45) is 6.41. The molecular formula is C17H20N4OS. The van der Waals surface area contributed by atoms with Crippen molar-refractivity contribution in [1.82, 2.24) is 14.9 Å². The number of rotatable bonds is 3. The van der Waals surface area contributed by atoms with Gasteiger partial charge in [-0.25, -0.2) is 9.97 Å². The number of fused-ring (bicyclic) bond motifs is 5. The van der Waals surface area contributed by atoms with Gasteiger partial charge < -0.3 is 9.80 Å². The minimum Gasteiger partial charge on any atom is -0.352 e. The monoisotopic (exact) mass is 328 g/mol. The Morgan fingerprint density at radius 3 is 2.96 bits per heavy atom. The second-order valence-electron chi connectivity index (χ2n) is 7.10. The fourth-order valence-electron chi connectivity index (χ4n) is 4.03. The molecule has 0 aromatic carbocycles. The number of thiophene rings is 1. The van der Waals surface area contributed by atoms with Crippen LogP contribution in [0, 0.1) is 11.8 Å². The van der Waals surface area contributed by atoms with E-state index in [9.17, 15) is 4.79 Å². The molecule has 0 unspecified atom stereocenters. The highest BCUT2D eigenvalue weighted by Crippen LogP contribution is 2.37. The van der Waals surface area contributed by atoms with Gasteiger partial charge >= 0.3 is 0 Å². The molecule has 6 heteroatoms. The summed E-state index contributed by atoms with van der Waals surface area (Å²) in [5.74, 6) is 2.29. The maximum Gasteiger partial charge on any atom is 0.227 e. The first-order chi connectivity index (χ1) is 11.3. The van der Waals surface area contributed by atoms with Crippen molar-refractivity contribution in [3.8, 4) is 0 Å². The van der Waals surface area contributed by atoms with E-state index in [1.165, 1.54) is 12.8 Å². The molecule has 1 saturated carbocycles. The highest BCUT2D eigenvalue weighted by Gasteiger charge is 2.43. The number of amides is 1. The Hall–Kier alpha value is -1.69. The zero-order valence-corrected chi connectivity index (χ0v) is 13.8. The van der Waals surface area contributed by atoms with Crippen LogP contribution in [0.1, 0.15) is 25.7 Å². The highest BCUT2D eigenvalue weighted by atomic mass is 32.1. The van der Waals surface area contributed by atoms with Gasteiger partial charge in [0.15, 0.2) is 0 Å². The van der Waals surface area contributed by atoms with Crippen molar-refractivity contribution in [2.24, 2.45) is 11.8 Å². The van der Waals surface area contributed by atoms with Gasteiger partial charge in [0.05, 0.1) is 16.1 Å². The number of hydrogen-bond acceptors (Lipinski definition) is 5. The Bertz CT molecular complexity index is 756. The summed E-state index contributed by atoms with van der Waals surface area (Å²) in [5, 5.41) is 2.07. The zero-order chi connectivity index (χ0) is 15.4. The van der Waals surface area contributed by atoms with E-state index < -0.39 is 0 Å². The molecule has 2 aromatic rings. The van der Waals surface area contributed by atoms with Crippen molar-refractivity contribution in [1.29, 1.82) is 0 Å². The van der Waals surface area contributed by atoms with Crippen LogP contribution in [0.4, 0.5) is 5.82 Å². The third-order valence-electron chi connectivity index (χ3n) is 5.47. The summed E-state index contributed by atoms with van der Waals surface area (Å²) in [6.45, 7) is 2.70. The van der Waals surface area contributed by atoms with Gasteiger partial charge in [-0.2, -0.15) is 0 Å². The number of hydrogen-bond donors (Lipinski definition) is 0. The predicted octanol–water partition coefficient (Wildman–Crippen LogP) is 2.53. The molecule has 5 nitrogen and oxygen atoms in total. The van der Waals surface area contributed by atoms with Gasteiger partial charge in [0, 0.05) is 25.7 Å². The zero-order valence-electron chi connectivity index (χ0n) is 13.0. The van der Waals surface area contributed by atoms with Gasteiger partial charge in [-0.1, -0.05) is 0 Å². The standard InChI is InChI=1S/C17H20N4OS/c22-17-12-3-4-13(21(17)7-11-1-2-11)9-20(8-12)16-15-14(5-6-23-15)18-10-19-16/h5-6,10-13H,1-4,7-9H2/t12-,13+/m1/s1. The molecule has 3 saturated heterocycles. The second kappa shape index (κ2) is 5.16. The van der Waals surface area contributed by atoms with Crippen LogP contribution in [0.3, 0.4) is 0 Å². The van der Waals surface area contributed by atoms with Crippen LogP contribution in [-0.2, 0) is 4.79 Å². The van der Waals surface area contributed by atoms with Crippen LogP contribution in [0.15, 0.2) is 17.8 Å². The lowest BCUT2D eigenvalue weighted by Gasteiger charge is -2.36. The van der Waals surface area contributed by atoms with Gasteiger partial charge in [0.25, 0.3) is 0 Å². The smallest absolute Gasteiger partial charge is 0.227 e. The Labute approximate surface area is 139 Å². The molecule has 1 aliphatic carbocycles. The van der Waals surface area contributed by atoms with E-state index in [4.69, 9.17) is 0 Å². The molecule has 2 atom stereocenters. The molecule has 0 radical (unpaired) electrons. The van der Waals surface area contributed by atoms with Crippen molar-refractivity contribution in [3.05, 3.63) is 17.8 Å². The molecule has 120 valence electrons. The first-order valence-electron chi connectivity index (χ1n) is 8.53. The van der Waals surface area contributed by atoms with Crippen molar-refractivity contribution in [2.45, 2.75) is 31.7 Å². The summed E-state index contributed by atoms with van der Waals surface area (Å²) in [5.41, 5.74) is 1.01. The summed E-state index contributed by atoms with van der Waals surface area (Å²) < 4.78 is 1.15. The normalized spacial score (nSPS) is 27.7. The van der Waals surface area contributed by atoms with Crippen LogP contribution in [0.5, 0.6) is 0 Å². The average Bonchev–Trinajstić information content (AvgIpc) is 3.31. The summed E-state index contributed by atoms with van der Waals surface area (Å²) in [6, 6.07) is 2.40. The molecule has 2 aromatic heterocycles. The molecule has 23 heavy (non-hydrogen) atoms. The van der Waals surface area contributed by atoms with E-state index in [2.05, 4.69) is 25.1 Å². The largest absolute Gasteiger partial charge is 0.352 e. The SMILES string of the molecule is O=C1[C@@H]2CC[C@@H](CN(c3ncnc4ccsc34)C2)N1CC1CC1. The lowest BCUT2D eigenvalue weighted by molar-refractivity contribution is -0.140. The van der Waals surface area contributed by atoms with E-state index in [0.29, 0.717) is 11.9 Å². The molecule has 1 amide bonds. The van der Waals surface area contributed by atoms with Gasteiger partial charge in [-0.05, 0) is 43.0 Å². The number of carbonyl (C=O) groups is 1. The van der Waals surface area contributed by atoms with Crippen LogP contribution < -0.4 is 4.90 Å². The number of carbonyl (C=O) groups excluding carboxylic acids is 1. The molecule has 2 bridgehead atoms. The minimum atomic E-state index is 0.137. The fraction of sp³-hybridized carbons (Fsp3) is 0.588. The lowest BCUT2D eigenvalue weighted by atomic mass is 9.94.